The number of aromatic nitrogens is 1. The Kier molecular flexibility index (Phi) is 14.0. The Labute approximate surface area is 265 Å². The predicted molar refractivity (Wildman–Crippen MR) is 165 cm³/mol. The Morgan fingerprint density at radius 2 is 1.93 bits per heavy atom. The van der Waals surface area contributed by atoms with Gasteiger partial charge >= 0.3 is 24.8 Å². The maximum Gasteiger partial charge on any atom is 1.00 e. The number of carboxylic acid groups (broad SMARTS) is 1. The van der Waals surface area contributed by atoms with Crippen LogP contribution >= 0.6 is 23.1 Å². The average Bonchev–Trinajstić information content (AvgIpc) is 3.51. The van der Waals surface area contributed by atoms with Gasteiger partial charge in [0.2, 0.25) is 0 Å². The van der Waals surface area contributed by atoms with Crippen LogP contribution in [-0.2, 0) is 16.1 Å². The first-order chi connectivity index (χ1) is 19.5. The summed E-state index contributed by atoms with van der Waals surface area (Å²) in [5.74, 6) is 0.0325. The van der Waals surface area contributed by atoms with E-state index in [0.717, 1.165) is 45.9 Å². The van der Waals surface area contributed by atoms with Crippen LogP contribution in [0.4, 0.5) is 0 Å². The molecule has 2 aromatic carbocycles. The van der Waals surface area contributed by atoms with Gasteiger partial charge in [0.25, 0.3) is 5.91 Å². The van der Waals surface area contributed by atoms with Crippen LogP contribution in [0.2, 0.25) is 0 Å². The third-order valence-corrected chi connectivity index (χ3v) is 9.27. The summed E-state index contributed by atoms with van der Waals surface area (Å²) < 4.78 is 6.52. The minimum Gasteiger partial charge on any atom is -1.00 e. The minimum absolute atomic E-state index is 0. The number of nitrogens with zero attached hydrogens (tertiary/aromatic N) is 1. The van der Waals surface area contributed by atoms with Crippen LogP contribution in [0.5, 0.6) is 0 Å². The van der Waals surface area contributed by atoms with Gasteiger partial charge in [0, 0.05) is 11.8 Å². The number of thioether (sulfide) groups is 1. The number of thiazole rings is 1. The van der Waals surface area contributed by atoms with Gasteiger partial charge in [-0.3, -0.25) is 9.78 Å². The second-order valence-corrected chi connectivity index (χ2v) is 12.5. The molecule has 0 radical (unpaired) electrons. The molecular formula is C32H41LiN2O4S2. The summed E-state index contributed by atoms with van der Waals surface area (Å²) in [6.45, 7) is 2.43. The Morgan fingerprint density at radius 1 is 1.15 bits per heavy atom. The van der Waals surface area contributed by atoms with Crippen molar-refractivity contribution in [2.45, 2.75) is 77.0 Å². The van der Waals surface area contributed by atoms with E-state index in [1.54, 1.807) is 29.2 Å². The van der Waals surface area contributed by atoms with E-state index in [0.29, 0.717) is 24.3 Å². The molecule has 0 spiro atoms. The van der Waals surface area contributed by atoms with Gasteiger partial charge in [-0.25, -0.2) is 4.79 Å². The van der Waals surface area contributed by atoms with E-state index in [9.17, 15) is 14.7 Å². The normalized spacial score (nSPS) is 15.1. The molecule has 0 saturated heterocycles. The standard InChI is InChI=1S/C32H40N2O4S2.Li.H/c1-22-8-6-7-11-25(22)27-18-24(12-14-26(27)31(35)34-28(32(36)37)16-17-39-2)20-38-29(30-19-33-21-40-30)15-13-23-9-4-3-5-10-23;;/h6-8,11-12,14,18-19,21,23,28-29H,3-5,9-10,13,15-17,20H2,1-2H3,(H,34,35)(H,36,37);;/q;+1;-1. The summed E-state index contributed by atoms with van der Waals surface area (Å²) in [4.78, 5) is 30.6. The fourth-order valence-corrected chi connectivity index (χ4v) is 6.63. The van der Waals surface area contributed by atoms with E-state index in [-0.39, 0.29) is 32.3 Å². The van der Waals surface area contributed by atoms with Crippen LogP contribution in [-0.4, -0.2) is 40.0 Å². The Hall–Kier alpha value is -2.08. The number of ether oxygens (including phenoxy) is 1. The molecule has 4 rings (SSSR count). The molecule has 0 aliphatic heterocycles. The van der Waals surface area contributed by atoms with Crippen LogP contribution < -0.4 is 24.2 Å². The molecule has 3 aromatic rings. The molecule has 1 heterocycles. The number of hydrogen-bond acceptors (Lipinski definition) is 6. The number of aryl methyl sites for hydroxylation is 1. The number of carboxylic acids is 1. The molecular weight excluding hydrogens is 547 g/mol. The zero-order valence-corrected chi connectivity index (χ0v) is 26.1. The van der Waals surface area contributed by atoms with E-state index in [1.165, 1.54) is 32.1 Å². The van der Waals surface area contributed by atoms with E-state index in [2.05, 4.69) is 10.3 Å². The molecule has 9 heteroatoms. The smallest absolute Gasteiger partial charge is 1.00 e. The van der Waals surface area contributed by atoms with Crippen molar-refractivity contribution in [3.8, 4) is 11.1 Å². The van der Waals surface area contributed by atoms with Gasteiger partial charge in [-0.15, -0.1) is 11.3 Å². The topological polar surface area (TPSA) is 88.5 Å². The van der Waals surface area contributed by atoms with Crippen LogP contribution in [0.15, 0.2) is 54.2 Å². The van der Waals surface area contributed by atoms with Crippen molar-refractivity contribution >= 4 is 35.0 Å². The largest absolute Gasteiger partial charge is 1.00 e. The third kappa shape index (κ3) is 9.73. The molecule has 1 aromatic heterocycles. The second-order valence-electron chi connectivity index (χ2n) is 10.6. The number of nitrogens with one attached hydrogen (secondary N) is 1. The van der Waals surface area contributed by atoms with Gasteiger partial charge in [0.1, 0.15) is 6.04 Å². The third-order valence-electron chi connectivity index (χ3n) is 7.76. The molecule has 1 fully saturated rings. The fraction of sp³-hybridized carbons (Fsp3) is 0.469. The minimum atomic E-state index is -1.02. The van der Waals surface area contributed by atoms with E-state index < -0.39 is 12.0 Å². The number of rotatable bonds is 14. The van der Waals surface area contributed by atoms with Gasteiger partial charge in [0.15, 0.2) is 0 Å². The summed E-state index contributed by atoms with van der Waals surface area (Å²) in [5, 5.41) is 12.4. The SMILES string of the molecule is CSCCC(NC(=O)c1ccc(COC(CCC2CCCCC2)c2cncs2)cc1-c1ccccc1C)C(=O)O.[H-].[Li+]. The molecule has 1 amide bonds. The molecule has 2 N–H and O–H groups in total. The number of carbonyl (C=O) groups is 2. The van der Waals surface area contributed by atoms with E-state index >= 15 is 0 Å². The molecule has 1 aliphatic carbocycles. The van der Waals surface area contributed by atoms with Crippen molar-refractivity contribution in [1.82, 2.24) is 10.3 Å². The Balaban J connectivity index is 0.00000308. The first kappa shape index (κ1) is 33.4. The number of carbonyl (C=O) groups excluding carboxylic acids is 1. The first-order valence-corrected chi connectivity index (χ1v) is 16.4. The van der Waals surface area contributed by atoms with Gasteiger partial charge in [0.05, 0.1) is 23.1 Å². The molecule has 2 unspecified atom stereocenters. The summed E-state index contributed by atoms with van der Waals surface area (Å²) in [7, 11) is 0. The maximum absolute atomic E-state index is 13.4. The predicted octanol–water partition coefficient (Wildman–Crippen LogP) is 4.79. The number of benzene rings is 2. The number of amides is 1. The van der Waals surface area contributed by atoms with E-state index in [4.69, 9.17) is 4.74 Å². The molecule has 0 bridgehead atoms. The molecule has 1 saturated carbocycles. The maximum atomic E-state index is 13.4. The van der Waals surface area contributed by atoms with Crippen molar-refractivity contribution in [3.63, 3.8) is 0 Å². The molecule has 1 aliphatic rings. The molecule has 216 valence electrons. The van der Waals surface area contributed by atoms with Crippen LogP contribution in [0.1, 0.15) is 85.3 Å². The zero-order chi connectivity index (χ0) is 28.3. The van der Waals surface area contributed by atoms with Crippen molar-refractivity contribution < 1.29 is 39.7 Å². The Morgan fingerprint density at radius 3 is 2.61 bits per heavy atom. The molecule has 41 heavy (non-hydrogen) atoms. The molecule has 6 nitrogen and oxygen atoms in total. The van der Waals surface area contributed by atoms with Crippen LogP contribution in [0.25, 0.3) is 11.1 Å². The van der Waals surface area contributed by atoms with Crippen molar-refractivity contribution in [1.29, 1.82) is 0 Å². The fourth-order valence-electron chi connectivity index (χ4n) is 5.46. The van der Waals surface area contributed by atoms with Gasteiger partial charge in [-0.1, -0.05) is 62.4 Å². The second kappa shape index (κ2) is 17.1. The van der Waals surface area contributed by atoms with Gasteiger partial charge in [-0.2, -0.15) is 11.8 Å². The number of aliphatic carboxylic acids is 1. The quantitative estimate of drug-likeness (QED) is 0.264. The zero-order valence-electron chi connectivity index (χ0n) is 25.4. The molecule has 2 atom stereocenters. The summed E-state index contributed by atoms with van der Waals surface area (Å²) in [6, 6.07) is 12.7. The van der Waals surface area contributed by atoms with Crippen molar-refractivity contribution in [2.24, 2.45) is 5.92 Å². The summed E-state index contributed by atoms with van der Waals surface area (Å²) in [6.07, 6.45) is 13.0. The monoisotopic (exact) mass is 588 g/mol. The number of hydrogen-bond donors (Lipinski definition) is 2. The Bertz CT molecular complexity index is 1260. The average molecular weight is 589 g/mol. The van der Waals surface area contributed by atoms with Crippen LogP contribution in [0.3, 0.4) is 0 Å². The summed E-state index contributed by atoms with van der Waals surface area (Å²) >= 11 is 3.20. The van der Waals surface area contributed by atoms with Gasteiger partial charge in [-0.05, 0) is 78.5 Å². The van der Waals surface area contributed by atoms with Crippen molar-refractivity contribution in [2.75, 3.05) is 12.0 Å². The van der Waals surface area contributed by atoms with E-state index in [1.807, 2.05) is 61.3 Å². The van der Waals surface area contributed by atoms with Crippen molar-refractivity contribution in [3.05, 3.63) is 75.7 Å². The summed E-state index contributed by atoms with van der Waals surface area (Å²) in [5.41, 5.74) is 6.06. The van der Waals surface area contributed by atoms with Crippen LogP contribution in [0, 0.1) is 12.8 Å². The first-order valence-electron chi connectivity index (χ1n) is 14.2. The van der Waals surface area contributed by atoms with Gasteiger partial charge < -0.3 is 16.6 Å².